The molecule has 0 saturated carbocycles. The highest BCUT2D eigenvalue weighted by Gasteiger charge is 2.41. The summed E-state index contributed by atoms with van der Waals surface area (Å²) in [5, 5.41) is 0.941. The SMILES string of the molecule is O=C1[C@H]2CCC(=O)N2Cc2cc(Br)ccc2N1CCCCBr. The number of alkyl halides is 1. The van der Waals surface area contributed by atoms with Crippen molar-refractivity contribution in [1.82, 2.24) is 4.90 Å². The van der Waals surface area contributed by atoms with Gasteiger partial charge in [0, 0.05) is 35.0 Å². The van der Waals surface area contributed by atoms with Gasteiger partial charge in [-0.05, 0) is 43.0 Å². The molecule has 118 valence electrons. The van der Waals surface area contributed by atoms with Crippen LogP contribution < -0.4 is 4.90 Å². The molecule has 1 atom stereocenters. The number of amides is 2. The molecule has 1 saturated heterocycles. The lowest BCUT2D eigenvalue weighted by Crippen LogP contribution is -2.44. The van der Waals surface area contributed by atoms with Crippen LogP contribution in [0.25, 0.3) is 0 Å². The number of unbranched alkanes of at least 4 members (excludes halogenated alkanes) is 1. The summed E-state index contributed by atoms with van der Waals surface area (Å²) in [6.45, 7) is 1.23. The van der Waals surface area contributed by atoms with Crippen LogP contribution in [0.15, 0.2) is 22.7 Å². The van der Waals surface area contributed by atoms with Crippen LogP contribution in [-0.2, 0) is 16.1 Å². The van der Waals surface area contributed by atoms with Gasteiger partial charge in [-0.25, -0.2) is 0 Å². The summed E-state index contributed by atoms with van der Waals surface area (Å²) in [6, 6.07) is 5.68. The van der Waals surface area contributed by atoms with E-state index in [9.17, 15) is 9.59 Å². The molecule has 1 aromatic rings. The van der Waals surface area contributed by atoms with Crippen LogP contribution in [0.3, 0.4) is 0 Å². The lowest BCUT2D eigenvalue weighted by Gasteiger charge is -2.26. The molecule has 22 heavy (non-hydrogen) atoms. The zero-order valence-electron chi connectivity index (χ0n) is 12.2. The average Bonchev–Trinajstić information content (AvgIpc) is 2.80. The summed E-state index contributed by atoms with van der Waals surface area (Å²) in [7, 11) is 0. The zero-order valence-corrected chi connectivity index (χ0v) is 15.4. The van der Waals surface area contributed by atoms with Crippen molar-refractivity contribution in [2.75, 3.05) is 16.8 Å². The van der Waals surface area contributed by atoms with Crippen molar-refractivity contribution < 1.29 is 9.59 Å². The number of carbonyl (C=O) groups is 2. The summed E-state index contributed by atoms with van der Waals surface area (Å²) in [4.78, 5) is 28.7. The summed E-state index contributed by atoms with van der Waals surface area (Å²) in [5.41, 5.74) is 1.99. The summed E-state index contributed by atoms with van der Waals surface area (Å²) in [6.07, 6.45) is 3.10. The summed E-state index contributed by atoms with van der Waals surface area (Å²) in [5.74, 6) is 0.160. The van der Waals surface area contributed by atoms with Gasteiger partial charge in [0.05, 0.1) is 0 Å². The van der Waals surface area contributed by atoms with E-state index in [-0.39, 0.29) is 17.9 Å². The molecule has 4 nitrogen and oxygen atoms in total. The molecular formula is C16H18Br2N2O2. The Bertz CT molecular complexity index is 606. The lowest BCUT2D eigenvalue weighted by atomic mass is 10.1. The predicted octanol–water partition coefficient (Wildman–Crippen LogP) is 3.46. The van der Waals surface area contributed by atoms with Gasteiger partial charge in [0.15, 0.2) is 0 Å². The van der Waals surface area contributed by atoms with Gasteiger partial charge in [-0.15, -0.1) is 0 Å². The Morgan fingerprint density at radius 1 is 1.23 bits per heavy atom. The number of rotatable bonds is 4. The number of benzene rings is 1. The Morgan fingerprint density at radius 3 is 2.82 bits per heavy atom. The first-order valence-corrected chi connectivity index (χ1v) is 9.48. The van der Waals surface area contributed by atoms with Crippen molar-refractivity contribution >= 4 is 49.4 Å². The minimum absolute atomic E-state index is 0.0708. The van der Waals surface area contributed by atoms with Crippen LogP contribution in [-0.4, -0.2) is 34.6 Å². The van der Waals surface area contributed by atoms with Crippen LogP contribution in [0.5, 0.6) is 0 Å². The highest BCUT2D eigenvalue weighted by Crippen LogP contribution is 2.34. The van der Waals surface area contributed by atoms with Gasteiger partial charge in [0.1, 0.15) is 6.04 Å². The third-order valence-electron chi connectivity index (χ3n) is 4.32. The van der Waals surface area contributed by atoms with Gasteiger partial charge < -0.3 is 9.80 Å². The highest BCUT2D eigenvalue weighted by atomic mass is 79.9. The number of fused-ring (bicyclic) bond motifs is 2. The standard InChI is InChI=1S/C16H18Br2N2O2/c17-7-1-2-8-19-13-4-3-12(18)9-11(13)10-20-14(16(19)22)5-6-15(20)21/h3-4,9,14H,1-2,5-8,10H2/t14-/m1/s1. The first-order chi connectivity index (χ1) is 10.6. The number of nitrogens with zero attached hydrogens (tertiary/aromatic N) is 2. The Hall–Kier alpha value is -0.880. The van der Waals surface area contributed by atoms with E-state index in [0.717, 1.165) is 33.9 Å². The third-order valence-corrected chi connectivity index (χ3v) is 5.37. The van der Waals surface area contributed by atoms with Crippen molar-refractivity contribution in [3.63, 3.8) is 0 Å². The first kappa shape index (κ1) is 16.0. The van der Waals surface area contributed by atoms with E-state index in [2.05, 4.69) is 31.9 Å². The summed E-state index contributed by atoms with van der Waals surface area (Å²) >= 11 is 6.93. The second-order valence-electron chi connectivity index (χ2n) is 5.74. The number of halogens is 2. The third kappa shape index (κ3) is 2.95. The van der Waals surface area contributed by atoms with Gasteiger partial charge in [-0.1, -0.05) is 31.9 Å². The topological polar surface area (TPSA) is 40.6 Å². The molecule has 0 spiro atoms. The fourth-order valence-corrected chi connectivity index (χ4v) is 4.01. The molecule has 2 amide bonds. The Morgan fingerprint density at radius 2 is 2.05 bits per heavy atom. The molecule has 0 N–H and O–H groups in total. The maximum atomic E-state index is 12.9. The zero-order chi connectivity index (χ0) is 15.7. The van der Waals surface area contributed by atoms with E-state index in [1.165, 1.54) is 0 Å². The van der Waals surface area contributed by atoms with E-state index >= 15 is 0 Å². The van der Waals surface area contributed by atoms with E-state index in [1.54, 1.807) is 4.90 Å². The normalized spacial score (nSPS) is 20.9. The van der Waals surface area contributed by atoms with Crippen LogP contribution >= 0.6 is 31.9 Å². The molecule has 0 bridgehead atoms. The monoisotopic (exact) mass is 428 g/mol. The van der Waals surface area contributed by atoms with Crippen LogP contribution in [0, 0.1) is 0 Å². The van der Waals surface area contributed by atoms with Crippen molar-refractivity contribution in [2.24, 2.45) is 0 Å². The van der Waals surface area contributed by atoms with Crippen molar-refractivity contribution in [3.05, 3.63) is 28.2 Å². The van der Waals surface area contributed by atoms with E-state index < -0.39 is 0 Å². The van der Waals surface area contributed by atoms with E-state index in [1.807, 2.05) is 23.1 Å². The molecule has 2 heterocycles. The smallest absolute Gasteiger partial charge is 0.249 e. The number of hydrogen-bond donors (Lipinski definition) is 0. The molecule has 6 heteroatoms. The predicted molar refractivity (Wildman–Crippen MR) is 93.1 cm³/mol. The number of anilines is 1. The van der Waals surface area contributed by atoms with Crippen molar-refractivity contribution in [2.45, 2.75) is 38.3 Å². The van der Waals surface area contributed by atoms with Gasteiger partial charge >= 0.3 is 0 Å². The van der Waals surface area contributed by atoms with E-state index in [0.29, 0.717) is 25.9 Å². The maximum Gasteiger partial charge on any atom is 0.249 e. The van der Waals surface area contributed by atoms with Gasteiger partial charge in [0.25, 0.3) is 0 Å². The van der Waals surface area contributed by atoms with Crippen LogP contribution in [0.2, 0.25) is 0 Å². The fraction of sp³-hybridized carbons (Fsp3) is 0.500. The van der Waals surface area contributed by atoms with Crippen LogP contribution in [0.1, 0.15) is 31.2 Å². The maximum absolute atomic E-state index is 12.9. The van der Waals surface area contributed by atoms with Crippen molar-refractivity contribution in [1.29, 1.82) is 0 Å². The van der Waals surface area contributed by atoms with Gasteiger partial charge in [0.2, 0.25) is 11.8 Å². The second-order valence-corrected chi connectivity index (χ2v) is 7.44. The largest absolute Gasteiger partial charge is 0.326 e. The highest BCUT2D eigenvalue weighted by molar-refractivity contribution is 9.10. The first-order valence-electron chi connectivity index (χ1n) is 7.57. The molecule has 0 unspecified atom stereocenters. The molecule has 2 aliphatic heterocycles. The Kier molecular flexibility index (Phi) is 4.88. The molecule has 1 fully saturated rings. The quantitative estimate of drug-likeness (QED) is 0.543. The van der Waals surface area contributed by atoms with Gasteiger partial charge in [-0.3, -0.25) is 9.59 Å². The minimum atomic E-state index is -0.289. The molecule has 0 aliphatic carbocycles. The molecular weight excluding hydrogens is 412 g/mol. The van der Waals surface area contributed by atoms with Gasteiger partial charge in [-0.2, -0.15) is 0 Å². The Labute approximate surface area is 147 Å². The molecule has 2 aliphatic rings. The number of hydrogen-bond acceptors (Lipinski definition) is 2. The second kappa shape index (κ2) is 6.71. The van der Waals surface area contributed by atoms with Crippen molar-refractivity contribution in [3.8, 4) is 0 Å². The molecule has 0 radical (unpaired) electrons. The molecule has 0 aromatic heterocycles. The molecule has 1 aromatic carbocycles. The Balaban J connectivity index is 1.97. The van der Waals surface area contributed by atoms with E-state index in [4.69, 9.17) is 0 Å². The minimum Gasteiger partial charge on any atom is -0.326 e. The molecule has 3 rings (SSSR count). The van der Waals surface area contributed by atoms with Crippen LogP contribution in [0.4, 0.5) is 5.69 Å². The lowest BCUT2D eigenvalue weighted by molar-refractivity contribution is -0.134. The number of carbonyl (C=O) groups excluding carboxylic acids is 2. The average molecular weight is 430 g/mol. The summed E-state index contributed by atoms with van der Waals surface area (Å²) < 4.78 is 0.976. The fourth-order valence-electron chi connectivity index (χ4n) is 3.21.